The van der Waals surface area contributed by atoms with Gasteiger partial charge in [-0.05, 0) is 20.1 Å². The molecule has 0 aliphatic carbocycles. The highest BCUT2D eigenvalue weighted by Gasteiger charge is 2.16. The Balaban J connectivity index is 2.68. The Labute approximate surface area is 98.7 Å². The third kappa shape index (κ3) is 3.69. The Morgan fingerprint density at radius 2 is 2.25 bits per heavy atom. The highest BCUT2D eigenvalue weighted by molar-refractivity contribution is 7.99. The first-order valence-electron chi connectivity index (χ1n) is 4.79. The summed E-state index contributed by atoms with van der Waals surface area (Å²) < 4.78 is 0.0703. The molecule has 0 spiro atoms. The summed E-state index contributed by atoms with van der Waals surface area (Å²) in [4.78, 5) is 18.4. The van der Waals surface area contributed by atoms with Crippen LogP contribution in [0.5, 0.6) is 0 Å². The molecular weight excluding hydrogens is 226 g/mol. The number of hydrogen-bond acceptors (Lipinski definition) is 5. The van der Waals surface area contributed by atoms with Crippen LogP contribution in [-0.4, -0.2) is 38.6 Å². The molecule has 0 aliphatic heterocycles. The van der Waals surface area contributed by atoms with Crippen LogP contribution in [0.4, 0.5) is 5.82 Å². The second-order valence-corrected chi connectivity index (χ2v) is 5.43. The third-order valence-electron chi connectivity index (χ3n) is 2.10. The maximum Gasteiger partial charge on any atom is 0.356 e. The molecule has 6 heteroatoms. The number of carboxylic acids is 1. The Hall–Kier alpha value is -1.30. The fraction of sp³-hybridized carbons (Fsp3) is 0.500. The van der Waals surface area contributed by atoms with Gasteiger partial charge in [0.25, 0.3) is 0 Å². The monoisotopic (exact) mass is 241 g/mol. The van der Waals surface area contributed by atoms with Crippen LogP contribution in [0.1, 0.15) is 24.3 Å². The second-order valence-electron chi connectivity index (χ2n) is 3.91. The molecule has 0 atom stereocenters. The highest BCUT2D eigenvalue weighted by atomic mass is 32.2. The minimum absolute atomic E-state index is 0.0491. The lowest BCUT2D eigenvalue weighted by atomic mass is 10.2. The van der Waals surface area contributed by atoms with Crippen LogP contribution in [-0.2, 0) is 0 Å². The molecule has 1 aromatic rings. The lowest BCUT2D eigenvalue weighted by molar-refractivity contribution is 0.0690. The zero-order valence-electron chi connectivity index (χ0n) is 9.52. The van der Waals surface area contributed by atoms with Gasteiger partial charge in [0.05, 0.1) is 12.4 Å². The Kier molecular flexibility index (Phi) is 4.12. The van der Waals surface area contributed by atoms with Crippen molar-refractivity contribution in [1.82, 2.24) is 9.97 Å². The van der Waals surface area contributed by atoms with Gasteiger partial charge in [-0.3, -0.25) is 4.98 Å². The van der Waals surface area contributed by atoms with Crippen LogP contribution < -0.4 is 5.32 Å². The number of carbonyl (C=O) groups is 1. The summed E-state index contributed by atoms with van der Waals surface area (Å²) in [7, 11) is 0. The number of anilines is 1. The standard InChI is InChI=1S/C10H15N3O2S/c1-10(2,16-3)6-12-8-5-11-4-7(13-8)9(14)15/h4-5H,6H2,1-3H3,(H,12,13)(H,14,15). The predicted molar refractivity (Wildman–Crippen MR) is 65.1 cm³/mol. The number of aromatic carboxylic acids is 1. The topological polar surface area (TPSA) is 75.1 Å². The van der Waals surface area contributed by atoms with Gasteiger partial charge in [-0.2, -0.15) is 11.8 Å². The number of aromatic nitrogens is 2. The molecule has 0 amide bonds. The van der Waals surface area contributed by atoms with Gasteiger partial charge in [0.1, 0.15) is 5.82 Å². The van der Waals surface area contributed by atoms with Crippen molar-refractivity contribution in [3.63, 3.8) is 0 Å². The smallest absolute Gasteiger partial charge is 0.356 e. The van der Waals surface area contributed by atoms with E-state index in [2.05, 4.69) is 29.1 Å². The molecule has 0 saturated carbocycles. The largest absolute Gasteiger partial charge is 0.476 e. The van der Waals surface area contributed by atoms with Gasteiger partial charge >= 0.3 is 5.97 Å². The minimum Gasteiger partial charge on any atom is -0.476 e. The van der Waals surface area contributed by atoms with Crippen molar-refractivity contribution in [3.8, 4) is 0 Å². The number of thioether (sulfide) groups is 1. The molecular formula is C10H15N3O2S. The molecule has 0 unspecified atom stereocenters. The van der Waals surface area contributed by atoms with E-state index in [-0.39, 0.29) is 10.4 Å². The number of rotatable bonds is 5. The molecule has 0 bridgehead atoms. The molecule has 88 valence electrons. The SMILES string of the molecule is CSC(C)(C)CNc1cncc(C(=O)O)n1. The van der Waals surface area contributed by atoms with E-state index in [0.29, 0.717) is 12.4 Å². The van der Waals surface area contributed by atoms with Crippen LogP contribution in [0.15, 0.2) is 12.4 Å². The molecule has 0 aliphatic rings. The highest BCUT2D eigenvalue weighted by Crippen LogP contribution is 2.21. The van der Waals surface area contributed by atoms with E-state index >= 15 is 0 Å². The zero-order valence-corrected chi connectivity index (χ0v) is 10.3. The van der Waals surface area contributed by atoms with Crippen molar-refractivity contribution in [2.75, 3.05) is 18.1 Å². The maximum absolute atomic E-state index is 10.7. The minimum atomic E-state index is -1.07. The molecule has 5 nitrogen and oxygen atoms in total. The Morgan fingerprint density at radius 1 is 1.56 bits per heavy atom. The predicted octanol–water partition coefficient (Wildman–Crippen LogP) is 1.73. The summed E-state index contributed by atoms with van der Waals surface area (Å²) in [5.41, 5.74) is -0.0491. The third-order valence-corrected chi connectivity index (χ3v) is 3.35. The average Bonchev–Trinajstić information content (AvgIpc) is 2.27. The van der Waals surface area contributed by atoms with Crippen LogP contribution in [0.25, 0.3) is 0 Å². The van der Waals surface area contributed by atoms with Crippen molar-refractivity contribution in [1.29, 1.82) is 0 Å². The summed E-state index contributed by atoms with van der Waals surface area (Å²) in [5.74, 6) is -0.581. The zero-order chi connectivity index (χ0) is 12.2. The first-order valence-corrected chi connectivity index (χ1v) is 6.01. The van der Waals surface area contributed by atoms with Crippen LogP contribution in [0.3, 0.4) is 0 Å². The molecule has 1 heterocycles. The van der Waals surface area contributed by atoms with E-state index in [0.717, 1.165) is 0 Å². The van der Waals surface area contributed by atoms with Crippen molar-refractivity contribution in [3.05, 3.63) is 18.1 Å². The number of hydrogen-bond donors (Lipinski definition) is 2. The molecule has 1 aromatic heterocycles. The molecule has 1 rings (SSSR count). The average molecular weight is 241 g/mol. The summed E-state index contributed by atoms with van der Waals surface area (Å²) >= 11 is 1.73. The van der Waals surface area contributed by atoms with Gasteiger partial charge in [0.2, 0.25) is 0 Å². The van der Waals surface area contributed by atoms with Crippen LogP contribution >= 0.6 is 11.8 Å². The summed E-state index contributed by atoms with van der Waals surface area (Å²) in [6.07, 6.45) is 4.77. The Bertz CT molecular complexity index is 382. The fourth-order valence-electron chi connectivity index (χ4n) is 0.930. The lowest BCUT2D eigenvalue weighted by Gasteiger charge is -2.22. The molecule has 0 saturated heterocycles. The number of nitrogens with zero attached hydrogens (tertiary/aromatic N) is 2. The van der Waals surface area contributed by atoms with Gasteiger partial charge in [-0.1, -0.05) is 0 Å². The van der Waals surface area contributed by atoms with Gasteiger partial charge in [0.15, 0.2) is 5.69 Å². The van der Waals surface area contributed by atoms with Gasteiger partial charge < -0.3 is 10.4 Å². The van der Waals surface area contributed by atoms with Crippen molar-refractivity contribution in [2.45, 2.75) is 18.6 Å². The van der Waals surface area contributed by atoms with E-state index in [1.54, 1.807) is 11.8 Å². The Morgan fingerprint density at radius 3 is 2.81 bits per heavy atom. The van der Waals surface area contributed by atoms with Crippen molar-refractivity contribution >= 4 is 23.5 Å². The normalized spacial score (nSPS) is 11.2. The molecule has 0 aromatic carbocycles. The van der Waals surface area contributed by atoms with Crippen LogP contribution in [0, 0.1) is 0 Å². The number of carboxylic acid groups (broad SMARTS) is 1. The van der Waals surface area contributed by atoms with E-state index in [1.165, 1.54) is 12.4 Å². The summed E-state index contributed by atoms with van der Waals surface area (Å²) in [6.45, 7) is 4.89. The van der Waals surface area contributed by atoms with E-state index in [9.17, 15) is 4.79 Å². The van der Waals surface area contributed by atoms with Crippen molar-refractivity contribution in [2.24, 2.45) is 0 Å². The van der Waals surface area contributed by atoms with E-state index < -0.39 is 5.97 Å². The van der Waals surface area contributed by atoms with E-state index in [1.807, 2.05) is 6.26 Å². The maximum atomic E-state index is 10.7. The fourth-order valence-corrected chi connectivity index (χ4v) is 1.15. The second kappa shape index (κ2) is 5.16. The first-order chi connectivity index (χ1) is 7.44. The van der Waals surface area contributed by atoms with Gasteiger partial charge in [0, 0.05) is 11.3 Å². The lowest BCUT2D eigenvalue weighted by Crippen LogP contribution is -2.26. The number of nitrogens with one attached hydrogen (secondary N) is 1. The quantitative estimate of drug-likeness (QED) is 0.817. The first kappa shape index (κ1) is 12.8. The van der Waals surface area contributed by atoms with Gasteiger partial charge in [-0.15, -0.1) is 0 Å². The van der Waals surface area contributed by atoms with Crippen LogP contribution in [0.2, 0.25) is 0 Å². The molecule has 0 radical (unpaired) electrons. The molecule has 0 fully saturated rings. The molecule has 2 N–H and O–H groups in total. The molecule has 16 heavy (non-hydrogen) atoms. The van der Waals surface area contributed by atoms with Gasteiger partial charge in [-0.25, -0.2) is 9.78 Å². The summed E-state index contributed by atoms with van der Waals surface area (Å²) in [6, 6.07) is 0. The van der Waals surface area contributed by atoms with Crippen molar-refractivity contribution < 1.29 is 9.90 Å². The summed E-state index contributed by atoms with van der Waals surface area (Å²) in [5, 5.41) is 11.8. The van der Waals surface area contributed by atoms with E-state index in [4.69, 9.17) is 5.11 Å².